The molecular weight excluding hydrogens is 402 g/mol. The van der Waals surface area contributed by atoms with Crippen LogP contribution in [-0.4, -0.2) is 40.7 Å². The Balaban J connectivity index is 1.49. The number of aryl methyl sites for hydroxylation is 1. The molecule has 0 spiro atoms. The quantitative estimate of drug-likeness (QED) is 0.533. The smallest absolute Gasteiger partial charge is 0.335 e. The van der Waals surface area contributed by atoms with Crippen LogP contribution in [-0.2, 0) is 6.54 Å². The predicted octanol–water partition coefficient (Wildman–Crippen LogP) is 4.48. The van der Waals surface area contributed by atoms with E-state index >= 15 is 0 Å². The molecule has 4 N–H and O–H groups in total. The number of nitrogens with two attached hydrogens (primary N) is 1. The number of likely N-dealkylation sites (tertiary alicyclic amines) is 1. The Labute approximate surface area is 188 Å². The molecule has 6 heteroatoms. The van der Waals surface area contributed by atoms with Gasteiger partial charge in [0.15, 0.2) is 0 Å². The highest BCUT2D eigenvalue weighted by atomic mass is 16.5. The van der Waals surface area contributed by atoms with Gasteiger partial charge in [-0.2, -0.15) is 0 Å². The minimum Gasteiger partial charge on any atom is -0.496 e. The highest BCUT2D eigenvalue weighted by Crippen LogP contribution is 2.47. The molecule has 1 aromatic heterocycles. The summed E-state index contributed by atoms with van der Waals surface area (Å²) in [6, 6.07) is 12.2. The number of methoxy groups -OCH3 is 1. The number of hydrogen-bond acceptors (Lipinski definition) is 4. The van der Waals surface area contributed by atoms with E-state index < -0.39 is 5.97 Å². The van der Waals surface area contributed by atoms with Crippen molar-refractivity contribution in [3.8, 4) is 5.75 Å². The predicted molar refractivity (Wildman–Crippen MR) is 125 cm³/mol. The van der Waals surface area contributed by atoms with E-state index in [4.69, 9.17) is 10.5 Å². The van der Waals surface area contributed by atoms with Gasteiger partial charge in [0.05, 0.1) is 12.7 Å². The summed E-state index contributed by atoms with van der Waals surface area (Å²) in [5, 5.41) is 10.5. The zero-order valence-corrected chi connectivity index (χ0v) is 18.7. The van der Waals surface area contributed by atoms with E-state index in [-0.39, 0.29) is 6.04 Å². The summed E-state index contributed by atoms with van der Waals surface area (Å²) >= 11 is 0. The van der Waals surface area contributed by atoms with Gasteiger partial charge in [-0.1, -0.05) is 12.1 Å². The zero-order chi connectivity index (χ0) is 22.4. The van der Waals surface area contributed by atoms with Gasteiger partial charge in [-0.05, 0) is 80.0 Å². The summed E-state index contributed by atoms with van der Waals surface area (Å²) in [5.41, 5.74) is 11.2. The van der Waals surface area contributed by atoms with Crippen LogP contribution in [0, 0.1) is 18.8 Å². The summed E-state index contributed by atoms with van der Waals surface area (Å²) in [6.45, 7) is 3.87. The van der Waals surface area contributed by atoms with E-state index in [2.05, 4.69) is 28.9 Å². The van der Waals surface area contributed by atoms with E-state index in [1.54, 1.807) is 19.2 Å². The number of fused-ring (bicyclic) bond motifs is 1. The molecule has 5 rings (SSSR count). The second-order valence-corrected chi connectivity index (χ2v) is 9.40. The lowest BCUT2D eigenvalue weighted by atomic mass is 9.83. The highest BCUT2D eigenvalue weighted by Gasteiger charge is 2.43. The van der Waals surface area contributed by atoms with Crippen molar-refractivity contribution in [1.29, 1.82) is 0 Å². The molecule has 2 unspecified atom stereocenters. The minimum atomic E-state index is -0.891. The molecule has 2 aliphatic rings. The molecule has 6 nitrogen and oxygen atoms in total. The topological polar surface area (TPSA) is 91.6 Å². The number of ether oxygens (including phenoxy) is 1. The molecule has 0 bridgehead atoms. The number of hydrogen-bond donors (Lipinski definition) is 3. The van der Waals surface area contributed by atoms with Crippen molar-refractivity contribution in [2.45, 2.75) is 44.8 Å². The number of aromatic amines is 1. The summed E-state index contributed by atoms with van der Waals surface area (Å²) < 4.78 is 5.79. The van der Waals surface area contributed by atoms with Crippen LogP contribution < -0.4 is 10.5 Å². The first-order valence-electron chi connectivity index (χ1n) is 11.4. The lowest BCUT2D eigenvalue weighted by Gasteiger charge is -2.40. The largest absolute Gasteiger partial charge is 0.496 e. The number of carboxylic acid groups (broad SMARTS) is 1. The normalized spacial score (nSPS) is 25.7. The van der Waals surface area contributed by atoms with E-state index in [0.29, 0.717) is 23.4 Å². The first kappa shape index (κ1) is 21.0. The maximum atomic E-state index is 11.3. The molecule has 2 aromatic carbocycles. The third-order valence-corrected chi connectivity index (χ3v) is 7.49. The molecule has 32 heavy (non-hydrogen) atoms. The van der Waals surface area contributed by atoms with Gasteiger partial charge < -0.3 is 20.6 Å². The van der Waals surface area contributed by atoms with Gasteiger partial charge in [-0.15, -0.1) is 0 Å². The van der Waals surface area contributed by atoms with Crippen molar-refractivity contribution in [2.75, 3.05) is 13.7 Å². The van der Waals surface area contributed by atoms with Gasteiger partial charge in [0, 0.05) is 41.3 Å². The van der Waals surface area contributed by atoms with Gasteiger partial charge in [0.2, 0.25) is 0 Å². The summed E-state index contributed by atoms with van der Waals surface area (Å²) in [7, 11) is 1.74. The average molecular weight is 434 g/mol. The maximum absolute atomic E-state index is 11.3. The number of nitrogens with one attached hydrogen (secondary N) is 1. The SMILES string of the molecule is COc1cc(C)c2[nH]ccc2c1CN1CC[C@@H](C2CC2N)C[C@H]1c1ccc(C(=O)O)cc1. The fourth-order valence-corrected chi connectivity index (χ4v) is 5.58. The Kier molecular flexibility index (Phi) is 5.43. The molecule has 2 heterocycles. The van der Waals surface area contributed by atoms with Crippen molar-refractivity contribution < 1.29 is 14.6 Å². The standard InChI is InChI=1S/C26H31N3O3/c1-15-11-24(32-2)21(19-7-9-28-25(15)19)14-29-10-8-18(20-13-22(20)27)12-23(29)16-3-5-17(6-4-16)26(30)31/h3-7,9,11,18,20,22-23,28H,8,10,12-14,27H2,1-2H3,(H,30,31)/t18-,20?,22?,23+/m1/s1. The Morgan fingerprint density at radius 1 is 1.25 bits per heavy atom. The summed E-state index contributed by atoms with van der Waals surface area (Å²) in [5.74, 6) is 1.28. The Morgan fingerprint density at radius 2 is 2.00 bits per heavy atom. The van der Waals surface area contributed by atoms with Crippen molar-refractivity contribution in [3.63, 3.8) is 0 Å². The lowest BCUT2D eigenvalue weighted by molar-refractivity contribution is 0.0696. The molecule has 1 saturated heterocycles. The molecule has 4 atom stereocenters. The number of benzene rings is 2. The third-order valence-electron chi connectivity index (χ3n) is 7.49. The first-order valence-corrected chi connectivity index (χ1v) is 11.4. The molecule has 1 aliphatic carbocycles. The summed E-state index contributed by atoms with van der Waals surface area (Å²) in [6.07, 6.45) is 5.32. The molecule has 168 valence electrons. The van der Waals surface area contributed by atoms with Crippen LogP contribution in [0.2, 0.25) is 0 Å². The zero-order valence-electron chi connectivity index (χ0n) is 18.7. The number of H-pyrrole nitrogens is 1. The van der Waals surface area contributed by atoms with Crippen molar-refractivity contribution in [1.82, 2.24) is 9.88 Å². The van der Waals surface area contributed by atoms with Crippen LogP contribution in [0.4, 0.5) is 0 Å². The number of rotatable bonds is 6. The third kappa shape index (κ3) is 3.78. The van der Waals surface area contributed by atoms with Crippen LogP contribution in [0.15, 0.2) is 42.6 Å². The number of aromatic nitrogens is 1. The van der Waals surface area contributed by atoms with Crippen LogP contribution >= 0.6 is 0 Å². The van der Waals surface area contributed by atoms with Crippen LogP contribution in [0.5, 0.6) is 5.75 Å². The molecule has 1 aliphatic heterocycles. The molecule has 0 radical (unpaired) electrons. The number of piperidine rings is 1. The minimum absolute atomic E-state index is 0.226. The van der Waals surface area contributed by atoms with E-state index in [9.17, 15) is 9.90 Å². The molecule has 1 saturated carbocycles. The van der Waals surface area contributed by atoms with Crippen molar-refractivity contribution >= 4 is 16.9 Å². The average Bonchev–Trinajstić information content (AvgIpc) is 3.31. The number of carboxylic acids is 1. The van der Waals surface area contributed by atoms with Gasteiger partial charge >= 0.3 is 5.97 Å². The Hall–Kier alpha value is -2.83. The van der Waals surface area contributed by atoms with Gasteiger partial charge in [-0.25, -0.2) is 4.79 Å². The van der Waals surface area contributed by atoms with Crippen LogP contribution in [0.25, 0.3) is 10.9 Å². The van der Waals surface area contributed by atoms with E-state index in [1.807, 2.05) is 18.3 Å². The Morgan fingerprint density at radius 3 is 2.66 bits per heavy atom. The highest BCUT2D eigenvalue weighted by molar-refractivity contribution is 5.88. The van der Waals surface area contributed by atoms with Gasteiger partial charge in [-0.3, -0.25) is 4.90 Å². The van der Waals surface area contributed by atoms with Crippen molar-refractivity contribution in [3.05, 3.63) is 64.8 Å². The lowest BCUT2D eigenvalue weighted by Crippen LogP contribution is -2.37. The molecule has 0 amide bonds. The van der Waals surface area contributed by atoms with E-state index in [0.717, 1.165) is 43.6 Å². The maximum Gasteiger partial charge on any atom is 0.335 e. The first-order chi connectivity index (χ1) is 15.5. The van der Waals surface area contributed by atoms with Crippen molar-refractivity contribution in [2.24, 2.45) is 17.6 Å². The second-order valence-electron chi connectivity index (χ2n) is 9.40. The Bertz CT molecular complexity index is 1140. The van der Waals surface area contributed by atoms with Gasteiger partial charge in [0.25, 0.3) is 0 Å². The fourth-order valence-electron chi connectivity index (χ4n) is 5.58. The number of carbonyl (C=O) groups is 1. The number of nitrogens with zero attached hydrogens (tertiary/aromatic N) is 1. The second kappa shape index (κ2) is 8.26. The van der Waals surface area contributed by atoms with Gasteiger partial charge in [0.1, 0.15) is 5.75 Å². The molecular formula is C26H31N3O3. The van der Waals surface area contributed by atoms with E-state index in [1.165, 1.54) is 22.1 Å². The molecule has 2 fully saturated rings. The monoisotopic (exact) mass is 433 g/mol. The van der Waals surface area contributed by atoms with Crippen LogP contribution in [0.1, 0.15) is 52.4 Å². The fraction of sp³-hybridized carbons (Fsp3) is 0.423. The summed E-state index contributed by atoms with van der Waals surface area (Å²) in [4.78, 5) is 17.2. The molecule has 3 aromatic rings. The number of aromatic carboxylic acids is 1. The van der Waals surface area contributed by atoms with Crippen LogP contribution in [0.3, 0.4) is 0 Å².